The molecule has 0 amide bonds. The molecule has 1 unspecified atom stereocenters. The molecule has 3 nitrogen and oxygen atoms in total. The lowest BCUT2D eigenvalue weighted by atomic mass is 9.86. The van der Waals surface area contributed by atoms with Gasteiger partial charge in [-0.2, -0.15) is 0 Å². The second kappa shape index (κ2) is 5.17. The van der Waals surface area contributed by atoms with Gasteiger partial charge < -0.3 is 9.64 Å². The van der Waals surface area contributed by atoms with E-state index in [1.54, 1.807) is 0 Å². The molecule has 1 aromatic rings. The van der Waals surface area contributed by atoms with Gasteiger partial charge in [-0.25, -0.2) is 0 Å². The first-order chi connectivity index (χ1) is 8.93. The van der Waals surface area contributed by atoms with Crippen molar-refractivity contribution in [2.75, 3.05) is 13.2 Å². The molecule has 0 aliphatic carbocycles. The summed E-state index contributed by atoms with van der Waals surface area (Å²) in [6.07, 6.45) is 0.330. The molecule has 1 fully saturated rings. The molecule has 19 heavy (non-hydrogen) atoms. The van der Waals surface area contributed by atoms with Crippen LogP contribution in [0, 0.1) is 0 Å². The van der Waals surface area contributed by atoms with Crippen LogP contribution in [-0.2, 0) is 14.9 Å². The number of benzene rings is 1. The number of hydrogen-bond acceptors (Lipinski definition) is 3. The number of carbonyl (C=O) groups is 1. The zero-order valence-electron chi connectivity index (χ0n) is 11.8. The van der Waals surface area contributed by atoms with Gasteiger partial charge in [-0.15, -0.1) is 0 Å². The number of rotatable bonds is 3. The monoisotopic (exact) mass is 259 g/mol. The minimum absolute atomic E-state index is 0.141. The van der Waals surface area contributed by atoms with E-state index in [0.717, 1.165) is 17.5 Å². The minimum atomic E-state index is -0.491. The lowest BCUT2D eigenvalue weighted by Crippen LogP contribution is -2.29. The molecule has 2 rings (SSSR count). The molecule has 3 heteroatoms. The van der Waals surface area contributed by atoms with Crippen LogP contribution >= 0.6 is 0 Å². The molecule has 0 bridgehead atoms. The van der Waals surface area contributed by atoms with Gasteiger partial charge in [0.15, 0.2) is 12.5 Å². The van der Waals surface area contributed by atoms with E-state index in [1.165, 1.54) is 5.56 Å². The molecule has 1 atom stereocenters. The highest BCUT2D eigenvalue weighted by atomic mass is 16.5. The SMILES string of the molecule is C=C(c1ccc(C(C)(C)C)cc1)N1CCOC1C=O. The van der Waals surface area contributed by atoms with E-state index < -0.39 is 6.23 Å². The first-order valence-electron chi connectivity index (χ1n) is 6.57. The number of carbonyl (C=O) groups excluding carboxylic acids is 1. The van der Waals surface area contributed by atoms with Gasteiger partial charge in [-0.1, -0.05) is 51.6 Å². The fourth-order valence-corrected chi connectivity index (χ4v) is 2.22. The van der Waals surface area contributed by atoms with Gasteiger partial charge in [0, 0.05) is 12.2 Å². The van der Waals surface area contributed by atoms with Crippen molar-refractivity contribution in [3.63, 3.8) is 0 Å². The van der Waals surface area contributed by atoms with Crippen LogP contribution < -0.4 is 0 Å². The summed E-state index contributed by atoms with van der Waals surface area (Å²) in [7, 11) is 0. The second-order valence-corrected chi connectivity index (χ2v) is 5.86. The Morgan fingerprint density at radius 3 is 2.53 bits per heavy atom. The summed E-state index contributed by atoms with van der Waals surface area (Å²) < 4.78 is 5.33. The molecule has 1 aromatic carbocycles. The third-order valence-electron chi connectivity index (χ3n) is 3.48. The summed E-state index contributed by atoms with van der Waals surface area (Å²) in [6, 6.07) is 8.35. The zero-order valence-corrected chi connectivity index (χ0v) is 11.8. The molecule has 1 saturated heterocycles. The van der Waals surface area contributed by atoms with Crippen LogP contribution in [0.1, 0.15) is 31.9 Å². The van der Waals surface area contributed by atoms with Gasteiger partial charge in [0.25, 0.3) is 0 Å². The second-order valence-electron chi connectivity index (χ2n) is 5.86. The molecule has 0 radical (unpaired) electrons. The Kier molecular flexibility index (Phi) is 3.76. The Morgan fingerprint density at radius 1 is 1.37 bits per heavy atom. The number of ether oxygens (including phenoxy) is 1. The van der Waals surface area contributed by atoms with Crippen molar-refractivity contribution in [1.82, 2.24) is 4.90 Å². The fraction of sp³-hybridized carbons (Fsp3) is 0.438. The summed E-state index contributed by atoms with van der Waals surface area (Å²) in [5, 5.41) is 0. The largest absolute Gasteiger partial charge is 0.349 e. The smallest absolute Gasteiger partial charge is 0.186 e. The van der Waals surface area contributed by atoms with Gasteiger partial charge in [0.2, 0.25) is 0 Å². The number of aldehydes is 1. The summed E-state index contributed by atoms with van der Waals surface area (Å²) >= 11 is 0. The van der Waals surface area contributed by atoms with Crippen molar-refractivity contribution in [3.8, 4) is 0 Å². The van der Waals surface area contributed by atoms with Gasteiger partial charge in [0.05, 0.1) is 6.61 Å². The molecule has 0 spiro atoms. The van der Waals surface area contributed by atoms with E-state index in [9.17, 15) is 4.79 Å². The number of nitrogens with zero attached hydrogens (tertiary/aromatic N) is 1. The van der Waals surface area contributed by atoms with Crippen LogP contribution in [0.4, 0.5) is 0 Å². The van der Waals surface area contributed by atoms with Crippen molar-refractivity contribution in [3.05, 3.63) is 42.0 Å². The van der Waals surface area contributed by atoms with Crippen molar-refractivity contribution in [2.24, 2.45) is 0 Å². The predicted octanol–water partition coefficient (Wildman–Crippen LogP) is 2.81. The highest BCUT2D eigenvalue weighted by Gasteiger charge is 2.26. The van der Waals surface area contributed by atoms with E-state index >= 15 is 0 Å². The molecule has 1 heterocycles. The minimum Gasteiger partial charge on any atom is -0.349 e. The average Bonchev–Trinajstić information content (AvgIpc) is 2.85. The molecule has 1 aliphatic heterocycles. The summed E-state index contributed by atoms with van der Waals surface area (Å²) in [5.74, 6) is 0. The van der Waals surface area contributed by atoms with Crippen molar-refractivity contribution in [1.29, 1.82) is 0 Å². The first kappa shape index (κ1) is 13.8. The van der Waals surface area contributed by atoms with Crippen LogP contribution in [0.5, 0.6) is 0 Å². The maximum Gasteiger partial charge on any atom is 0.186 e. The Bertz CT molecular complexity index is 471. The van der Waals surface area contributed by atoms with E-state index in [2.05, 4.69) is 51.6 Å². The summed E-state index contributed by atoms with van der Waals surface area (Å²) in [4.78, 5) is 12.8. The van der Waals surface area contributed by atoms with Crippen molar-refractivity contribution >= 4 is 12.0 Å². The van der Waals surface area contributed by atoms with Crippen molar-refractivity contribution in [2.45, 2.75) is 32.4 Å². The van der Waals surface area contributed by atoms with E-state index in [1.807, 2.05) is 4.90 Å². The van der Waals surface area contributed by atoms with E-state index in [0.29, 0.717) is 13.2 Å². The van der Waals surface area contributed by atoms with Gasteiger partial charge in [-0.05, 0) is 16.5 Å². The molecule has 0 aromatic heterocycles. The Balaban J connectivity index is 2.18. The molecule has 102 valence electrons. The first-order valence-corrected chi connectivity index (χ1v) is 6.57. The maximum atomic E-state index is 10.9. The lowest BCUT2D eigenvalue weighted by Gasteiger charge is -2.24. The molecule has 0 saturated carbocycles. The maximum absolute atomic E-state index is 10.9. The predicted molar refractivity (Wildman–Crippen MR) is 76.7 cm³/mol. The normalized spacial score (nSPS) is 19.5. The zero-order chi connectivity index (χ0) is 14.0. The van der Waals surface area contributed by atoms with Crippen LogP contribution in [0.15, 0.2) is 30.8 Å². The Hall–Kier alpha value is -1.61. The van der Waals surface area contributed by atoms with Gasteiger partial charge >= 0.3 is 0 Å². The highest BCUT2D eigenvalue weighted by Crippen LogP contribution is 2.27. The molecular formula is C16H21NO2. The van der Waals surface area contributed by atoms with Crippen molar-refractivity contribution < 1.29 is 9.53 Å². The number of hydrogen-bond donors (Lipinski definition) is 0. The van der Waals surface area contributed by atoms with Crippen LogP contribution in [0.2, 0.25) is 0 Å². The standard InChI is InChI=1S/C16H21NO2/c1-12(17-9-10-19-15(17)11-18)13-5-7-14(8-6-13)16(2,3)4/h5-8,11,15H,1,9-10H2,2-4H3. The van der Waals surface area contributed by atoms with Crippen LogP contribution in [-0.4, -0.2) is 30.6 Å². The molecular weight excluding hydrogens is 238 g/mol. The summed E-state index contributed by atoms with van der Waals surface area (Å²) in [6.45, 7) is 11.9. The fourth-order valence-electron chi connectivity index (χ4n) is 2.22. The van der Waals surface area contributed by atoms with Crippen LogP contribution in [0.3, 0.4) is 0 Å². The third kappa shape index (κ3) is 2.87. The van der Waals surface area contributed by atoms with E-state index in [4.69, 9.17) is 4.74 Å². The Morgan fingerprint density at radius 2 is 2.00 bits per heavy atom. The summed E-state index contributed by atoms with van der Waals surface area (Å²) in [5.41, 5.74) is 3.30. The molecule has 1 aliphatic rings. The van der Waals surface area contributed by atoms with E-state index in [-0.39, 0.29) is 5.41 Å². The molecule has 0 N–H and O–H groups in total. The van der Waals surface area contributed by atoms with Gasteiger partial charge in [0.1, 0.15) is 0 Å². The third-order valence-corrected chi connectivity index (χ3v) is 3.48. The highest BCUT2D eigenvalue weighted by molar-refractivity contribution is 5.67. The lowest BCUT2D eigenvalue weighted by molar-refractivity contribution is -0.119. The van der Waals surface area contributed by atoms with Crippen LogP contribution in [0.25, 0.3) is 5.70 Å². The van der Waals surface area contributed by atoms with Gasteiger partial charge in [-0.3, -0.25) is 4.79 Å². The average molecular weight is 259 g/mol. The quantitative estimate of drug-likeness (QED) is 0.782. The Labute approximate surface area is 114 Å². The topological polar surface area (TPSA) is 29.5 Å².